The Morgan fingerprint density at radius 2 is 2.04 bits per heavy atom. The topological polar surface area (TPSA) is 48.9 Å². The lowest BCUT2D eigenvalue weighted by Gasteiger charge is -2.35. The molecule has 7 heteroatoms. The van der Waals surface area contributed by atoms with Gasteiger partial charge < -0.3 is 14.5 Å². The average molecular weight is 387 g/mol. The van der Waals surface area contributed by atoms with Crippen molar-refractivity contribution >= 4 is 28.1 Å². The van der Waals surface area contributed by atoms with Gasteiger partial charge in [-0.05, 0) is 25.0 Å². The monoisotopic (exact) mass is 386 g/mol. The molecule has 2 fully saturated rings. The van der Waals surface area contributed by atoms with Crippen molar-refractivity contribution < 1.29 is 9.53 Å². The van der Waals surface area contributed by atoms with Crippen LogP contribution in [0.2, 0.25) is 0 Å². The first-order valence-electron chi connectivity index (χ1n) is 9.58. The van der Waals surface area contributed by atoms with E-state index in [2.05, 4.69) is 9.88 Å². The van der Waals surface area contributed by atoms with E-state index in [4.69, 9.17) is 4.74 Å². The molecule has 0 saturated carbocycles. The molecule has 1 atom stereocenters. The van der Waals surface area contributed by atoms with Crippen LogP contribution >= 0.6 is 11.3 Å². The highest BCUT2D eigenvalue weighted by molar-refractivity contribution is 7.14. The second-order valence-corrected chi connectivity index (χ2v) is 7.97. The number of carbonyl (C=O) groups excluding carboxylic acids is 1. The molecule has 2 aliphatic rings. The standard InChI is InChI=1S/C20H26N4O2S/c1-22(16-6-3-2-4-7-16)20-21-18(15-27-20)19(25)24-11-9-23(10-12-24)14-17-8-5-13-26-17/h2-4,6-7,15,17H,5,8-14H2,1H3. The molecule has 0 bridgehead atoms. The van der Waals surface area contributed by atoms with Gasteiger partial charge in [0.2, 0.25) is 0 Å². The van der Waals surface area contributed by atoms with Crippen molar-refractivity contribution in [3.8, 4) is 0 Å². The van der Waals surface area contributed by atoms with Crippen LogP contribution in [0.15, 0.2) is 35.7 Å². The minimum Gasteiger partial charge on any atom is -0.377 e. The second kappa shape index (κ2) is 8.37. The molecular formula is C20H26N4O2S. The summed E-state index contributed by atoms with van der Waals surface area (Å²) in [6.07, 6.45) is 2.71. The van der Waals surface area contributed by atoms with E-state index in [1.165, 1.54) is 17.8 Å². The van der Waals surface area contributed by atoms with E-state index in [9.17, 15) is 4.79 Å². The molecule has 3 heterocycles. The first-order valence-corrected chi connectivity index (χ1v) is 10.5. The van der Waals surface area contributed by atoms with Crippen molar-refractivity contribution in [2.45, 2.75) is 18.9 Å². The number of thiazole rings is 1. The number of hydrogen-bond donors (Lipinski definition) is 0. The van der Waals surface area contributed by atoms with Gasteiger partial charge in [0.15, 0.2) is 5.13 Å². The van der Waals surface area contributed by atoms with Crippen LogP contribution in [0.5, 0.6) is 0 Å². The second-order valence-electron chi connectivity index (χ2n) is 7.14. The van der Waals surface area contributed by atoms with Crippen molar-refractivity contribution in [2.24, 2.45) is 0 Å². The summed E-state index contributed by atoms with van der Waals surface area (Å²) in [7, 11) is 1.98. The zero-order valence-corrected chi connectivity index (χ0v) is 16.5. The lowest BCUT2D eigenvalue weighted by Crippen LogP contribution is -2.50. The van der Waals surface area contributed by atoms with Crippen LogP contribution in [0.4, 0.5) is 10.8 Å². The fraction of sp³-hybridized carbons (Fsp3) is 0.500. The molecule has 2 aliphatic heterocycles. The SMILES string of the molecule is CN(c1ccccc1)c1nc(C(=O)N2CCN(CC3CCCO3)CC2)cs1. The summed E-state index contributed by atoms with van der Waals surface area (Å²) in [5, 5.41) is 2.71. The summed E-state index contributed by atoms with van der Waals surface area (Å²) in [5.74, 6) is 0.0377. The highest BCUT2D eigenvalue weighted by Crippen LogP contribution is 2.27. The zero-order valence-electron chi connectivity index (χ0n) is 15.7. The summed E-state index contributed by atoms with van der Waals surface area (Å²) >= 11 is 1.51. The first-order chi connectivity index (χ1) is 13.2. The van der Waals surface area contributed by atoms with Crippen LogP contribution in [0.3, 0.4) is 0 Å². The average Bonchev–Trinajstić information content (AvgIpc) is 3.40. The summed E-state index contributed by atoms with van der Waals surface area (Å²) in [4.78, 5) is 23.8. The van der Waals surface area contributed by atoms with Gasteiger partial charge in [-0.2, -0.15) is 0 Å². The quantitative estimate of drug-likeness (QED) is 0.791. The Bertz CT molecular complexity index is 752. The minimum absolute atomic E-state index is 0.0377. The summed E-state index contributed by atoms with van der Waals surface area (Å²) in [6.45, 7) is 5.22. The van der Waals surface area contributed by atoms with Crippen molar-refractivity contribution in [3.63, 3.8) is 0 Å². The Labute approximate surface area is 164 Å². The Kier molecular flexibility index (Phi) is 5.71. The van der Waals surface area contributed by atoms with Crippen molar-refractivity contribution in [2.75, 3.05) is 51.3 Å². The Balaban J connectivity index is 1.33. The summed E-state index contributed by atoms with van der Waals surface area (Å²) in [5.41, 5.74) is 1.61. The predicted octanol–water partition coefficient (Wildman–Crippen LogP) is 2.85. The van der Waals surface area contributed by atoms with E-state index in [-0.39, 0.29) is 5.91 Å². The van der Waals surface area contributed by atoms with Gasteiger partial charge in [0.05, 0.1) is 6.10 Å². The van der Waals surface area contributed by atoms with E-state index in [0.717, 1.165) is 56.6 Å². The van der Waals surface area contributed by atoms with Gasteiger partial charge in [-0.3, -0.25) is 9.69 Å². The van der Waals surface area contributed by atoms with Crippen molar-refractivity contribution in [3.05, 3.63) is 41.4 Å². The zero-order chi connectivity index (χ0) is 18.6. The third-order valence-electron chi connectivity index (χ3n) is 5.29. The summed E-state index contributed by atoms with van der Waals surface area (Å²) < 4.78 is 5.73. The fourth-order valence-corrected chi connectivity index (χ4v) is 4.44. The van der Waals surface area contributed by atoms with Gasteiger partial charge in [-0.15, -0.1) is 11.3 Å². The number of rotatable bonds is 5. The number of aromatic nitrogens is 1. The maximum Gasteiger partial charge on any atom is 0.273 e. The van der Waals surface area contributed by atoms with Crippen LogP contribution in [-0.2, 0) is 4.74 Å². The molecule has 0 N–H and O–H groups in total. The lowest BCUT2D eigenvalue weighted by atomic mass is 10.2. The van der Waals surface area contributed by atoms with Crippen molar-refractivity contribution in [1.82, 2.24) is 14.8 Å². The molecule has 6 nitrogen and oxygen atoms in total. The number of nitrogens with zero attached hydrogens (tertiary/aromatic N) is 4. The third-order valence-corrected chi connectivity index (χ3v) is 6.20. The van der Waals surface area contributed by atoms with Gasteiger partial charge in [-0.1, -0.05) is 18.2 Å². The Morgan fingerprint density at radius 3 is 2.74 bits per heavy atom. The van der Waals surface area contributed by atoms with Gasteiger partial charge in [0.25, 0.3) is 5.91 Å². The number of ether oxygens (including phenoxy) is 1. The molecule has 1 aromatic carbocycles. The maximum atomic E-state index is 12.8. The van der Waals surface area contributed by atoms with Crippen LogP contribution in [-0.4, -0.2) is 73.2 Å². The van der Waals surface area contributed by atoms with Crippen molar-refractivity contribution in [1.29, 1.82) is 0 Å². The van der Waals surface area contributed by atoms with E-state index in [0.29, 0.717) is 11.8 Å². The number of amides is 1. The molecule has 2 aromatic rings. The molecule has 0 aliphatic carbocycles. The van der Waals surface area contributed by atoms with Crippen LogP contribution in [0, 0.1) is 0 Å². The molecule has 1 aromatic heterocycles. The van der Waals surface area contributed by atoms with Gasteiger partial charge in [0.1, 0.15) is 5.69 Å². The van der Waals surface area contributed by atoms with E-state index >= 15 is 0 Å². The Hall–Kier alpha value is -1.96. The number of piperazine rings is 1. The molecular weight excluding hydrogens is 360 g/mol. The van der Waals surface area contributed by atoms with E-state index < -0.39 is 0 Å². The van der Waals surface area contributed by atoms with Crippen LogP contribution in [0.25, 0.3) is 0 Å². The van der Waals surface area contributed by atoms with Gasteiger partial charge in [-0.25, -0.2) is 4.98 Å². The van der Waals surface area contributed by atoms with Crippen LogP contribution in [0.1, 0.15) is 23.3 Å². The lowest BCUT2D eigenvalue weighted by molar-refractivity contribution is 0.0430. The van der Waals surface area contributed by atoms with E-state index in [1.54, 1.807) is 0 Å². The molecule has 144 valence electrons. The molecule has 2 saturated heterocycles. The normalized spacial score (nSPS) is 20.8. The largest absolute Gasteiger partial charge is 0.377 e. The number of para-hydroxylation sites is 1. The fourth-order valence-electron chi connectivity index (χ4n) is 3.65. The molecule has 0 spiro atoms. The van der Waals surface area contributed by atoms with Gasteiger partial charge >= 0.3 is 0 Å². The van der Waals surface area contributed by atoms with Crippen LogP contribution < -0.4 is 4.90 Å². The molecule has 0 radical (unpaired) electrons. The van der Waals surface area contributed by atoms with Gasteiger partial charge in [0, 0.05) is 57.4 Å². The number of hydrogen-bond acceptors (Lipinski definition) is 6. The predicted molar refractivity (Wildman–Crippen MR) is 108 cm³/mol. The Morgan fingerprint density at radius 1 is 1.26 bits per heavy atom. The highest BCUT2D eigenvalue weighted by Gasteiger charge is 2.26. The molecule has 1 amide bonds. The maximum absolute atomic E-state index is 12.8. The third kappa shape index (κ3) is 4.31. The smallest absolute Gasteiger partial charge is 0.273 e. The first kappa shape index (κ1) is 18.4. The molecule has 27 heavy (non-hydrogen) atoms. The van der Waals surface area contributed by atoms with E-state index in [1.807, 2.05) is 52.6 Å². The summed E-state index contributed by atoms with van der Waals surface area (Å²) in [6, 6.07) is 10.1. The number of anilines is 2. The molecule has 4 rings (SSSR count). The molecule has 1 unspecified atom stereocenters. The highest BCUT2D eigenvalue weighted by atomic mass is 32.1. The number of carbonyl (C=O) groups is 1. The minimum atomic E-state index is 0.0377. The number of benzene rings is 1.